The van der Waals surface area contributed by atoms with Crippen LogP contribution in [0.15, 0.2) is 0 Å². The maximum Gasteiger partial charge on any atom is 0.317 e. The summed E-state index contributed by atoms with van der Waals surface area (Å²) >= 11 is 0. The number of aliphatic hydroxyl groups excluding tert-OH is 1. The summed E-state index contributed by atoms with van der Waals surface area (Å²) in [5.41, 5.74) is 0. The van der Waals surface area contributed by atoms with Crippen LogP contribution >= 0.6 is 0 Å². The molecular formula is C18H32N2O3. The number of urea groups is 1. The Balaban J connectivity index is 1.51. The number of rotatable bonds is 4. The number of nitrogens with zero attached hydrogens (tertiary/aromatic N) is 1. The highest BCUT2D eigenvalue weighted by molar-refractivity contribution is 5.75. The highest BCUT2D eigenvalue weighted by Crippen LogP contribution is 2.28. The summed E-state index contributed by atoms with van der Waals surface area (Å²) in [5.74, 6) is 0.220. The Labute approximate surface area is 139 Å². The molecule has 2 amide bonds. The Morgan fingerprint density at radius 1 is 1.13 bits per heavy atom. The molecule has 1 heterocycles. The lowest BCUT2D eigenvalue weighted by Crippen LogP contribution is -2.51. The lowest BCUT2D eigenvalue weighted by atomic mass is 9.92. The highest BCUT2D eigenvalue weighted by Gasteiger charge is 2.34. The van der Waals surface area contributed by atoms with Crippen LogP contribution in [0.2, 0.25) is 0 Å². The number of carbonyl (C=O) groups is 1. The van der Waals surface area contributed by atoms with Crippen LogP contribution in [0.25, 0.3) is 0 Å². The summed E-state index contributed by atoms with van der Waals surface area (Å²) in [6.45, 7) is 3.24. The number of amides is 2. The van der Waals surface area contributed by atoms with Gasteiger partial charge in [-0.3, -0.25) is 0 Å². The zero-order valence-electron chi connectivity index (χ0n) is 14.4. The molecule has 2 aliphatic carbocycles. The number of hydrogen-bond acceptors (Lipinski definition) is 3. The van der Waals surface area contributed by atoms with Crippen molar-refractivity contribution < 1.29 is 14.6 Å². The van der Waals surface area contributed by atoms with Crippen molar-refractivity contribution >= 4 is 6.03 Å². The van der Waals surface area contributed by atoms with Crippen molar-refractivity contribution in [2.24, 2.45) is 5.92 Å². The van der Waals surface area contributed by atoms with Crippen LogP contribution < -0.4 is 5.32 Å². The first kappa shape index (κ1) is 17.0. The van der Waals surface area contributed by atoms with Crippen LogP contribution in [-0.2, 0) is 4.74 Å². The van der Waals surface area contributed by atoms with Crippen molar-refractivity contribution in [1.82, 2.24) is 10.2 Å². The van der Waals surface area contributed by atoms with Gasteiger partial charge in [-0.2, -0.15) is 0 Å². The summed E-state index contributed by atoms with van der Waals surface area (Å²) in [5, 5.41) is 12.9. The van der Waals surface area contributed by atoms with Gasteiger partial charge in [0.05, 0.1) is 24.4 Å². The van der Waals surface area contributed by atoms with Crippen molar-refractivity contribution in [3.8, 4) is 0 Å². The third kappa shape index (κ3) is 4.38. The molecule has 3 fully saturated rings. The van der Waals surface area contributed by atoms with Crippen LogP contribution in [0.1, 0.15) is 64.7 Å². The zero-order chi connectivity index (χ0) is 16.2. The minimum Gasteiger partial charge on any atom is -0.393 e. The second kappa shape index (κ2) is 7.84. The van der Waals surface area contributed by atoms with E-state index in [1.54, 1.807) is 0 Å². The van der Waals surface area contributed by atoms with E-state index in [2.05, 4.69) is 5.32 Å². The molecule has 0 aromatic rings. The Morgan fingerprint density at radius 2 is 1.83 bits per heavy atom. The molecule has 3 rings (SSSR count). The Kier molecular flexibility index (Phi) is 5.81. The summed E-state index contributed by atoms with van der Waals surface area (Å²) < 4.78 is 6.31. The standard InChI is InChI=1S/C18H32N2O3/c1-13(21)14-10-11-20(12-14)18(22)19-16-8-4-5-9-17(16)23-15-6-2-3-7-15/h13-17,21H,2-12H2,1H3,(H,19,22). The highest BCUT2D eigenvalue weighted by atomic mass is 16.5. The van der Waals surface area contributed by atoms with Crippen molar-refractivity contribution in [2.45, 2.75) is 89.1 Å². The van der Waals surface area contributed by atoms with E-state index >= 15 is 0 Å². The van der Waals surface area contributed by atoms with Crippen LogP contribution in [0.4, 0.5) is 4.79 Å². The van der Waals surface area contributed by atoms with Gasteiger partial charge in [0.2, 0.25) is 0 Å². The summed E-state index contributed by atoms with van der Waals surface area (Å²) in [6.07, 6.45) is 10.6. The number of carbonyl (C=O) groups excluding carboxylic acids is 1. The fraction of sp³-hybridized carbons (Fsp3) is 0.944. The van der Waals surface area contributed by atoms with Gasteiger partial charge in [0, 0.05) is 19.0 Å². The third-order valence-electron chi connectivity index (χ3n) is 5.88. The largest absolute Gasteiger partial charge is 0.393 e. The average Bonchev–Trinajstić information content (AvgIpc) is 3.20. The monoisotopic (exact) mass is 324 g/mol. The SMILES string of the molecule is CC(O)C1CCN(C(=O)NC2CCCCC2OC2CCCC2)C1. The number of aliphatic hydroxyl groups is 1. The van der Waals surface area contributed by atoms with Gasteiger partial charge in [-0.1, -0.05) is 25.7 Å². The quantitative estimate of drug-likeness (QED) is 0.836. The Hall–Kier alpha value is -0.810. The van der Waals surface area contributed by atoms with Crippen LogP contribution in [0.5, 0.6) is 0 Å². The molecule has 23 heavy (non-hydrogen) atoms. The first-order valence-corrected chi connectivity index (χ1v) is 9.52. The molecule has 0 spiro atoms. The van der Waals surface area contributed by atoms with Gasteiger partial charge in [0.1, 0.15) is 0 Å². The van der Waals surface area contributed by atoms with E-state index in [1.165, 1.54) is 38.5 Å². The van der Waals surface area contributed by atoms with E-state index in [0.29, 0.717) is 12.6 Å². The topological polar surface area (TPSA) is 61.8 Å². The Bertz CT molecular complexity index is 396. The van der Waals surface area contributed by atoms with Gasteiger partial charge in [-0.25, -0.2) is 4.79 Å². The van der Waals surface area contributed by atoms with E-state index in [-0.39, 0.29) is 30.2 Å². The normalized spacial score (nSPS) is 33.8. The van der Waals surface area contributed by atoms with Gasteiger partial charge in [-0.05, 0) is 39.0 Å². The average molecular weight is 324 g/mol. The van der Waals surface area contributed by atoms with Crippen LogP contribution in [0.3, 0.4) is 0 Å². The summed E-state index contributed by atoms with van der Waals surface area (Å²) in [4.78, 5) is 14.4. The van der Waals surface area contributed by atoms with Crippen molar-refractivity contribution in [3.05, 3.63) is 0 Å². The number of likely N-dealkylation sites (tertiary alicyclic amines) is 1. The molecule has 0 bridgehead atoms. The van der Waals surface area contributed by atoms with Crippen molar-refractivity contribution in [3.63, 3.8) is 0 Å². The van der Waals surface area contributed by atoms with Crippen LogP contribution in [0, 0.1) is 5.92 Å². The van der Waals surface area contributed by atoms with E-state index in [1.807, 2.05) is 11.8 Å². The molecule has 5 heteroatoms. The fourth-order valence-corrected chi connectivity index (χ4v) is 4.31. The van der Waals surface area contributed by atoms with Gasteiger partial charge >= 0.3 is 6.03 Å². The molecule has 132 valence electrons. The predicted molar refractivity (Wildman–Crippen MR) is 89.3 cm³/mol. The predicted octanol–water partition coefficient (Wildman–Crippen LogP) is 2.67. The molecule has 0 aromatic heterocycles. The minimum absolute atomic E-state index is 0.0278. The first-order chi connectivity index (χ1) is 11.1. The van der Waals surface area contributed by atoms with Gasteiger partial charge in [-0.15, -0.1) is 0 Å². The number of hydrogen-bond donors (Lipinski definition) is 2. The van der Waals surface area contributed by atoms with E-state index < -0.39 is 0 Å². The molecule has 0 aromatic carbocycles. The van der Waals surface area contributed by atoms with Crippen LogP contribution in [-0.4, -0.2) is 53.5 Å². The van der Waals surface area contributed by atoms with Gasteiger partial charge < -0.3 is 20.1 Å². The minimum atomic E-state index is -0.332. The van der Waals surface area contributed by atoms with E-state index in [4.69, 9.17) is 4.74 Å². The summed E-state index contributed by atoms with van der Waals surface area (Å²) in [6, 6.07) is 0.183. The first-order valence-electron chi connectivity index (χ1n) is 9.52. The molecule has 1 saturated heterocycles. The van der Waals surface area contributed by atoms with Gasteiger partial charge in [0.25, 0.3) is 0 Å². The zero-order valence-corrected chi connectivity index (χ0v) is 14.4. The third-order valence-corrected chi connectivity index (χ3v) is 5.88. The van der Waals surface area contributed by atoms with Gasteiger partial charge in [0.15, 0.2) is 0 Å². The Morgan fingerprint density at radius 3 is 2.52 bits per heavy atom. The number of nitrogens with one attached hydrogen (secondary N) is 1. The molecule has 4 unspecified atom stereocenters. The molecular weight excluding hydrogens is 292 g/mol. The van der Waals surface area contributed by atoms with E-state index in [9.17, 15) is 9.90 Å². The van der Waals surface area contributed by atoms with Crippen molar-refractivity contribution in [2.75, 3.05) is 13.1 Å². The summed E-state index contributed by atoms with van der Waals surface area (Å²) in [7, 11) is 0. The number of ether oxygens (including phenoxy) is 1. The molecule has 2 N–H and O–H groups in total. The molecule has 1 aliphatic heterocycles. The molecule has 2 saturated carbocycles. The lowest BCUT2D eigenvalue weighted by Gasteiger charge is -2.35. The second-order valence-electron chi connectivity index (χ2n) is 7.66. The second-order valence-corrected chi connectivity index (χ2v) is 7.66. The molecule has 4 atom stereocenters. The lowest BCUT2D eigenvalue weighted by molar-refractivity contribution is -0.0416. The fourth-order valence-electron chi connectivity index (χ4n) is 4.31. The molecule has 5 nitrogen and oxygen atoms in total. The van der Waals surface area contributed by atoms with E-state index in [0.717, 1.165) is 25.8 Å². The maximum absolute atomic E-state index is 12.5. The molecule has 3 aliphatic rings. The molecule has 0 radical (unpaired) electrons. The van der Waals surface area contributed by atoms with Crippen molar-refractivity contribution in [1.29, 1.82) is 0 Å². The smallest absolute Gasteiger partial charge is 0.317 e. The maximum atomic E-state index is 12.5.